The van der Waals surface area contributed by atoms with E-state index in [0.717, 1.165) is 23.4 Å². The van der Waals surface area contributed by atoms with Crippen LogP contribution in [0.4, 0.5) is 0 Å². The maximum absolute atomic E-state index is 12.4. The Hall–Kier alpha value is -1.06. The molecule has 0 spiro atoms. The van der Waals surface area contributed by atoms with Gasteiger partial charge in [-0.05, 0) is 43.7 Å². The average molecular weight is 296 g/mol. The normalized spacial score (nSPS) is 14.9. The molecule has 0 atom stereocenters. The van der Waals surface area contributed by atoms with Gasteiger partial charge in [-0.3, -0.25) is 4.79 Å². The number of halogens is 1. The predicted octanol–water partition coefficient (Wildman–Crippen LogP) is 3.04. The lowest BCUT2D eigenvalue weighted by Crippen LogP contribution is -2.45. The third-order valence-electron chi connectivity index (χ3n) is 3.96. The molecule has 0 aromatic heterocycles. The maximum Gasteiger partial charge on any atom is 0.223 e. The van der Waals surface area contributed by atoms with Crippen LogP contribution in [0.3, 0.4) is 0 Å². The van der Waals surface area contributed by atoms with Crippen LogP contribution in [0.2, 0.25) is 5.02 Å². The number of carbonyl (C=O) groups is 1. The highest BCUT2D eigenvalue weighted by Gasteiger charge is 2.27. The quantitative estimate of drug-likeness (QED) is 0.840. The summed E-state index contributed by atoms with van der Waals surface area (Å²) in [6.07, 6.45) is 5.24. The first-order chi connectivity index (χ1) is 9.72. The molecule has 0 heterocycles. The highest BCUT2D eigenvalue weighted by Crippen LogP contribution is 2.26. The van der Waals surface area contributed by atoms with Crippen LogP contribution in [0.25, 0.3) is 0 Å². The largest absolute Gasteiger partial charge is 0.396 e. The predicted molar refractivity (Wildman–Crippen MR) is 80.8 cm³/mol. The Morgan fingerprint density at radius 3 is 2.70 bits per heavy atom. The molecule has 1 saturated carbocycles. The summed E-state index contributed by atoms with van der Waals surface area (Å²) in [6.45, 7) is 0.809. The monoisotopic (exact) mass is 295 g/mol. The summed E-state index contributed by atoms with van der Waals surface area (Å²) in [4.78, 5) is 14.3. The Labute approximate surface area is 125 Å². The van der Waals surface area contributed by atoms with Gasteiger partial charge < -0.3 is 10.0 Å². The molecule has 3 nitrogen and oxygen atoms in total. The summed E-state index contributed by atoms with van der Waals surface area (Å²) in [6, 6.07) is 8.06. The molecule has 1 fully saturated rings. The summed E-state index contributed by atoms with van der Waals surface area (Å²) >= 11 is 6.11. The number of hydrogen-bond donors (Lipinski definition) is 1. The second kappa shape index (κ2) is 7.65. The topological polar surface area (TPSA) is 40.5 Å². The summed E-state index contributed by atoms with van der Waals surface area (Å²) < 4.78 is 0. The lowest BCUT2D eigenvalue weighted by atomic mass is 9.91. The van der Waals surface area contributed by atoms with E-state index in [1.54, 1.807) is 0 Å². The van der Waals surface area contributed by atoms with Crippen molar-refractivity contribution >= 4 is 17.5 Å². The molecule has 110 valence electrons. The van der Waals surface area contributed by atoms with Gasteiger partial charge in [-0.2, -0.15) is 0 Å². The average Bonchev–Trinajstić information content (AvgIpc) is 2.40. The second-order valence-electron chi connectivity index (χ2n) is 5.34. The van der Waals surface area contributed by atoms with E-state index in [2.05, 4.69) is 0 Å². The molecular formula is C16H22ClNO2. The van der Waals surface area contributed by atoms with E-state index in [1.807, 2.05) is 29.2 Å². The first-order valence-corrected chi connectivity index (χ1v) is 7.74. The lowest BCUT2D eigenvalue weighted by Gasteiger charge is -2.37. The fraction of sp³-hybridized carbons (Fsp3) is 0.562. The standard InChI is InChI=1S/C16H22ClNO2/c17-15-8-2-1-5-13(15)9-10-16(20)18(11-4-12-19)14-6-3-7-14/h1-2,5,8,14,19H,3-4,6-7,9-12H2. The zero-order chi connectivity index (χ0) is 14.4. The van der Waals surface area contributed by atoms with Gasteiger partial charge in [-0.1, -0.05) is 29.8 Å². The van der Waals surface area contributed by atoms with E-state index >= 15 is 0 Å². The molecule has 1 amide bonds. The molecule has 1 aliphatic carbocycles. The number of benzene rings is 1. The minimum atomic E-state index is 0.140. The number of amides is 1. The van der Waals surface area contributed by atoms with Crippen molar-refractivity contribution in [1.82, 2.24) is 4.90 Å². The van der Waals surface area contributed by atoms with Crippen molar-refractivity contribution in [1.29, 1.82) is 0 Å². The third kappa shape index (κ3) is 3.97. The molecule has 1 aromatic rings. The minimum Gasteiger partial charge on any atom is -0.396 e. The van der Waals surface area contributed by atoms with Gasteiger partial charge in [0.25, 0.3) is 0 Å². The summed E-state index contributed by atoms with van der Waals surface area (Å²) in [5, 5.41) is 9.69. The summed E-state index contributed by atoms with van der Waals surface area (Å²) in [7, 11) is 0. The van der Waals surface area contributed by atoms with E-state index < -0.39 is 0 Å². The van der Waals surface area contributed by atoms with Gasteiger partial charge in [0.2, 0.25) is 5.91 Å². The van der Waals surface area contributed by atoms with Gasteiger partial charge >= 0.3 is 0 Å². The highest BCUT2D eigenvalue weighted by atomic mass is 35.5. The van der Waals surface area contributed by atoms with Crippen LogP contribution in [0, 0.1) is 0 Å². The Kier molecular flexibility index (Phi) is 5.86. The Morgan fingerprint density at radius 2 is 2.10 bits per heavy atom. The third-order valence-corrected chi connectivity index (χ3v) is 4.33. The molecule has 4 heteroatoms. The Morgan fingerprint density at radius 1 is 1.35 bits per heavy atom. The fourth-order valence-electron chi connectivity index (χ4n) is 2.54. The number of carbonyl (C=O) groups excluding carboxylic acids is 1. The molecule has 0 radical (unpaired) electrons. The molecule has 1 N–H and O–H groups in total. The fourth-order valence-corrected chi connectivity index (χ4v) is 2.77. The Balaban J connectivity index is 1.89. The number of nitrogens with zero attached hydrogens (tertiary/aromatic N) is 1. The number of hydrogen-bond acceptors (Lipinski definition) is 2. The van der Waals surface area contributed by atoms with Crippen molar-refractivity contribution in [3.63, 3.8) is 0 Å². The van der Waals surface area contributed by atoms with Crippen molar-refractivity contribution < 1.29 is 9.90 Å². The zero-order valence-electron chi connectivity index (χ0n) is 11.7. The van der Waals surface area contributed by atoms with Gasteiger partial charge in [0.05, 0.1) is 0 Å². The minimum absolute atomic E-state index is 0.140. The second-order valence-corrected chi connectivity index (χ2v) is 5.75. The number of aryl methyl sites for hydroxylation is 1. The van der Waals surface area contributed by atoms with Crippen molar-refractivity contribution in [3.05, 3.63) is 34.9 Å². The van der Waals surface area contributed by atoms with Crippen LogP contribution in [-0.4, -0.2) is 35.1 Å². The van der Waals surface area contributed by atoms with Crippen LogP contribution < -0.4 is 0 Å². The molecule has 0 aliphatic heterocycles. The van der Waals surface area contributed by atoms with Crippen LogP contribution in [-0.2, 0) is 11.2 Å². The van der Waals surface area contributed by atoms with Gasteiger partial charge in [0.1, 0.15) is 0 Å². The van der Waals surface area contributed by atoms with Crippen LogP contribution in [0.15, 0.2) is 24.3 Å². The van der Waals surface area contributed by atoms with Crippen molar-refractivity contribution in [3.8, 4) is 0 Å². The SMILES string of the molecule is O=C(CCc1ccccc1Cl)N(CCCO)C1CCC1. The molecule has 1 aliphatic rings. The Bertz CT molecular complexity index is 446. The van der Waals surface area contributed by atoms with E-state index in [4.69, 9.17) is 16.7 Å². The van der Waals surface area contributed by atoms with Crippen molar-refractivity contribution in [2.75, 3.05) is 13.2 Å². The number of aliphatic hydroxyl groups is 1. The van der Waals surface area contributed by atoms with E-state index in [9.17, 15) is 4.79 Å². The smallest absolute Gasteiger partial charge is 0.223 e. The summed E-state index contributed by atoms with van der Waals surface area (Å²) in [5.41, 5.74) is 1.03. The molecule has 2 rings (SSSR count). The van der Waals surface area contributed by atoms with Crippen molar-refractivity contribution in [2.45, 2.75) is 44.6 Å². The van der Waals surface area contributed by atoms with Gasteiger partial charge in [0, 0.05) is 30.6 Å². The molecule has 0 unspecified atom stereocenters. The van der Waals surface area contributed by atoms with Gasteiger partial charge in [-0.15, -0.1) is 0 Å². The molecule has 0 bridgehead atoms. The van der Waals surface area contributed by atoms with Gasteiger partial charge in [0.15, 0.2) is 0 Å². The zero-order valence-corrected chi connectivity index (χ0v) is 12.5. The van der Waals surface area contributed by atoms with Crippen molar-refractivity contribution in [2.24, 2.45) is 0 Å². The maximum atomic E-state index is 12.4. The van der Waals surface area contributed by atoms with E-state index in [1.165, 1.54) is 6.42 Å². The van der Waals surface area contributed by atoms with Crippen LogP contribution in [0.1, 0.15) is 37.7 Å². The molecule has 20 heavy (non-hydrogen) atoms. The lowest BCUT2D eigenvalue weighted by molar-refractivity contribution is -0.135. The van der Waals surface area contributed by atoms with E-state index in [-0.39, 0.29) is 12.5 Å². The highest BCUT2D eigenvalue weighted by molar-refractivity contribution is 6.31. The molecule has 1 aromatic carbocycles. The summed E-state index contributed by atoms with van der Waals surface area (Å²) in [5.74, 6) is 0.183. The number of aliphatic hydroxyl groups excluding tert-OH is 1. The van der Waals surface area contributed by atoms with Crippen LogP contribution in [0.5, 0.6) is 0 Å². The number of rotatable bonds is 7. The first-order valence-electron chi connectivity index (χ1n) is 7.36. The molecular weight excluding hydrogens is 274 g/mol. The van der Waals surface area contributed by atoms with Gasteiger partial charge in [-0.25, -0.2) is 0 Å². The first kappa shape index (κ1) is 15.3. The van der Waals surface area contributed by atoms with E-state index in [0.29, 0.717) is 31.8 Å². The van der Waals surface area contributed by atoms with Crippen LogP contribution >= 0.6 is 11.6 Å². The molecule has 0 saturated heterocycles.